The SMILES string of the molecule is COc1c(F)cccc1-c1nnc(C)[nH]1. The number of nitrogens with one attached hydrogen (secondary N) is 1. The molecule has 0 bridgehead atoms. The van der Waals surface area contributed by atoms with E-state index in [4.69, 9.17) is 4.74 Å². The summed E-state index contributed by atoms with van der Waals surface area (Å²) in [6, 6.07) is 4.67. The second kappa shape index (κ2) is 3.68. The van der Waals surface area contributed by atoms with Gasteiger partial charge in [-0.05, 0) is 19.1 Å². The van der Waals surface area contributed by atoms with Crippen molar-refractivity contribution in [2.45, 2.75) is 6.92 Å². The lowest BCUT2D eigenvalue weighted by Crippen LogP contribution is -1.92. The number of aromatic amines is 1. The van der Waals surface area contributed by atoms with Gasteiger partial charge in [-0.1, -0.05) is 6.07 Å². The summed E-state index contributed by atoms with van der Waals surface area (Å²) in [6.45, 7) is 1.78. The number of aromatic nitrogens is 3. The van der Waals surface area contributed by atoms with Gasteiger partial charge in [0, 0.05) is 0 Å². The van der Waals surface area contributed by atoms with Gasteiger partial charge in [0.2, 0.25) is 0 Å². The molecule has 0 amide bonds. The lowest BCUT2D eigenvalue weighted by molar-refractivity contribution is 0.388. The Bertz CT molecular complexity index is 481. The second-order valence-corrected chi connectivity index (χ2v) is 3.08. The number of ether oxygens (including phenoxy) is 1. The lowest BCUT2D eigenvalue weighted by atomic mass is 10.2. The molecule has 0 saturated carbocycles. The molecule has 0 radical (unpaired) electrons. The van der Waals surface area contributed by atoms with Crippen molar-refractivity contribution in [2.24, 2.45) is 0 Å². The molecular weight excluding hydrogens is 197 g/mol. The number of aryl methyl sites for hydroxylation is 1. The highest BCUT2D eigenvalue weighted by Gasteiger charge is 2.13. The fraction of sp³-hybridized carbons (Fsp3) is 0.200. The maximum absolute atomic E-state index is 13.4. The minimum atomic E-state index is -0.413. The minimum Gasteiger partial charge on any atom is -0.493 e. The first-order valence-electron chi connectivity index (χ1n) is 4.44. The number of H-pyrrole nitrogens is 1. The average Bonchev–Trinajstić information content (AvgIpc) is 2.64. The zero-order chi connectivity index (χ0) is 10.8. The molecule has 78 valence electrons. The van der Waals surface area contributed by atoms with Crippen LogP contribution in [0.4, 0.5) is 4.39 Å². The van der Waals surface area contributed by atoms with Crippen LogP contribution >= 0.6 is 0 Å². The predicted molar refractivity (Wildman–Crippen MR) is 53.1 cm³/mol. The van der Waals surface area contributed by atoms with Crippen molar-refractivity contribution in [3.63, 3.8) is 0 Å². The van der Waals surface area contributed by atoms with Gasteiger partial charge in [0.25, 0.3) is 0 Å². The molecule has 0 aliphatic carbocycles. The molecule has 1 aromatic carbocycles. The van der Waals surface area contributed by atoms with E-state index in [-0.39, 0.29) is 5.75 Å². The van der Waals surface area contributed by atoms with Gasteiger partial charge in [-0.25, -0.2) is 4.39 Å². The Morgan fingerprint density at radius 2 is 2.13 bits per heavy atom. The Labute approximate surface area is 86.1 Å². The number of hydrogen-bond donors (Lipinski definition) is 1. The van der Waals surface area contributed by atoms with Crippen molar-refractivity contribution < 1.29 is 9.13 Å². The zero-order valence-corrected chi connectivity index (χ0v) is 8.41. The third kappa shape index (κ3) is 1.68. The molecule has 0 atom stereocenters. The van der Waals surface area contributed by atoms with E-state index in [2.05, 4.69) is 15.2 Å². The van der Waals surface area contributed by atoms with Crippen LogP contribution in [0.1, 0.15) is 5.82 Å². The van der Waals surface area contributed by atoms with Crippen molar-refractivity contribution in [1.29, 1.82) is 0 Å². The molecule has 0 aliphatic heterocycles. The van der Waals surface area contributed by atoms with Crippen LogP contribution in [0, 0.1) is 12.7 Å². The number of rotatable bonds is 2. The summed E-state index contributed by atoms with van der Waals surface area (Å²) in [5.41, 5.74) is 0.568. The normalized spacial score (nSPS) is 10.3. The Hall–Kier alpha value is -1.91. The number of hydrogen-bond acceptors (Lipinski definition) is 3. The maximum Gasteiger partial charge on any atom is 0.165 e. The average molecular weight is 207 g/mol. The smallest absolute Gasteiger partial charge is 0.165 e. The van der Waals surface area contributed by atoms with E-state index in [1.54, 1.807) is 19.1 Å². The molecule has 2 rings (SSSR count). The van der Waals surface area contributed by atoms with Crippen molar-refractivity contribution in [3.8, 4) is 17.1 Å². The molecule has 1 N–H and O–H groups in total. The molecule has 0 aliphatic rings. The fourth-order valence-corrected chi connectivity index (χ4v) is 1.37. The number of methoxy groups -OCH3 is 1. The van der Waals surface area contributed by atoms with Crippen LogP contribution in [0.3, 0.4) is 0 Å². The van der Waals surface area contributed by atoms with E-state index >= 15 is 0 Å². The van der Waals surface area contributed by atoms with Gasteiger partial charge in [-0.2, -0.15) is 0 Å². The van der Waals surface area contributed by atoms with Crippen LogP contribution in [0.25, 0.3) is 11.4 Å². The molecule has 0 fully saturated rings. The van der Waals surface area contributed by atoms with E-state index in [1.807, 2.05) is 0 Å². The molecule has 1 heterocycles. The molecular formula is C10H10FN3O. The monoisotopic (exact) mass is 207 g/mol. The predicted octanol–water partition coefficient (Wildman–Crippen LogP) is 1.93. The standard InChI is InChI=1S/C10H10FN3O/c1-6-12-10(14-13-6)7-4-3-5-8(11)9(7)15-2/h3-5H,1-2H3,(H,12,13,14). The third-order valence-corrected chi connectivity index (χ3v) is 2.03. The number of benzene rings is 1. The largest absolute Gasteiger partial charge is 0.493 e. The summed E-state index contributed by atoms with van der Waals surface area (Å²) in [4.78, 5) is 2.93. The van der Waals surface area contributed by atoms with E-state index in [9.17, 15) is 4.39 Å². The first kappa shape index (κ1) is 9.64. The van der Waals surface area contributed by atoms with Crippen LogP contribution in [-0.4, -0.2) is 22.3 Å². The Morgan fingerprint density at radius 3 is 2.73 bits per heavy atom. The Balaban J connectivity index is 2.57. The number of halogens is 1. The van der Waals surface area contributed by atoms with Gasteiger partial charge in [0.15, 0.2) is 17.4 Å². The number of para-hydroxylation sites is 1. The zero-order valence-electron chi connectivity index (χ0n) is 8.41. The lowest BCUT2D eigenvalue weighted by Gasteiger charge is -2.05. The van der Waals surface area contributed by atoms with Gasteiger partial charge in [0.1, 0.15) is 5.82 Å². The fourth-order valence-electron chi connectivity index (χ4n) is 1.37. The quantitative estimate of drug-likeness (QED) is 0.818. The molecule has 0 saturated heterocycles. The Kier molecular flexibility index (Phi) is 2.37. The van der Waals surface area contributed by atoms with Gasteiger partial charge < -0.3 is 9.72 Å². The second-order valence-electron chi connectivity index (χ2n) is 3.08. The van der Waals surface area contributed by atoms with Crippen molar-refractivity contribution >= 4 is 0 Å². The molecule has 15 heavy (non-hydrogen) atoms. The molecule has 4 nitrogen and oxygen atoms in total. The van der Waals surface area contributed by atoms with Crippen LogP contribution in [0.15, 0.2) is 18.2 Å². The first-order chi connectivity index (χ1) is 7.22. The van der Waals surface area contributed by atoms with Crippen molar-refractivity contribution in [3.05, 3.63) is 29.8 Å². The molecule has 2 aromatic rings. The highest BCUT2D eigenvalue weighted by molar-refractivity contribution is 5.64. The third-order valence-electron chi connectivity index (χ3n) is 2.03. The summed E-state index contributed by atoms with van der Waals surface area (Å²) in [5, 5.41) is 7.70. The minimum absolute atomic E-state index is 0.175. The van der Waals surface area contributed by atoms with Gasteiger partial charge in [-0.15, -0.1) is 10.2 Å². The molecule has 5 heteroatoms. The van der Waals surface area contributed by atoms with Crippen LogP contribution < -0.4 is 4.74 Å². The first-order valence-corrected chi connectivity index (χ1v) is 4.44. The van der Waals surface area contributed by atoms with E-state index in [1.165, 1.54) is 13.2 Å². The number of nitrogens with zero attached hydrogens (tertiary/aromatic N) is 2. The summed E-state index contributed by atoms with van der Waals surface area (Å²) in [6.07, 6.45) is 0. The summed E-state index contributed by atoms with van der Waals surface area (Å²) < 4.78 is 18.3. The molecule has 0 spiro atoms. The van der Waals surface area contributed by atoms with Gasteiger partial charge in [-0.3, -0.25) is 0 Å². The summed E-state index contributed by atoms with van der Waals surface area (Å²) in [5.74, 6) is 0.942. The van der Waals surface area contributed by atoms with Crippen molar-refractivity contribution in [1.82, 2.24) is 15.2 Å². The topological polar surface area (TPSA) is 50.8 Å². The van der Waals surface area contributed by atoms with Crippen LogP contribution in [0.5, 0.6) is 5.75 Å². The molecule has 0 unspecified atom stereocenters. The van der Waals surface area contributed by atoms with E-state index in [0.29, 0.717) is 17.2 Å². The summed E-state index contributed by atoms with van der Waals surface area (Å²) in [7, 11) is 1.42. The van der Waals surface area contributed by atoms with Crippen LogP contribution in [-0.2, 0) is 0 Å². The highest BCUT2D eigenvalue weighted by atomic mass is 19.1. The van der Waals surface area contributed by atoms with Gasteiger partial charge >= 0.3 is 0 Å². The highest BCUT2D eigenvalue weighted by Crippen LogP contribution is 2.29. The summed E-state index contributed by atoms with van der Waals surface area (Å²) >= 11 is 0. The molecule has 1 aromatic heterocycles. The van der Waals surface area contributed by atoms with Crippen LogP contribution in [0.2, 0.25) is 0 Å². The maximum atomic E-state index is 13.4. The van der Waals surface area contributed by atoms with Gasteiger partial charge in [0.05, 0.1) is 12.7 Å². The van der Waals surface area contributed by atoms with E-state index < -0.39 is 5.82 Å². The Morgan fingerprint density at radius 1 is 1.33 bits per heavy atom. The van der Waals surface area contributed by atoms with Crippen molar-refractivity contribution in [2.75, 3.05) is 7.11 Å². The van der Waals surface area contributed by atoms with E-state index in [0.717, 1.165) is 0 Å².